The predicted molar refractivity (Wildman–Crippen MR) is 75.7 cm³/mol. The van der Waals surface area contributed by atoms with Gasteiger partial charge in [-0.05, 0) is 24.6 Å². The van der Waals surface area contributed by atoms with Gasteiger partial charge in [0, 0.05) is 12.0 Å². The molecule has 0 fully saturated rings. The van der Waals surface area contributed by atoms with Crippen LogP contribution in [0.1, 0.15) is 21.5 Å². The Labute approximate surface area is 116 Å². The average molecular weight is 279 g/mol. The van der Waals surface area contributed by atoms with E-state index in [1.54, 1.807) is 12.1 Å². The van der Waals surface area contributed by atoms with E-state index >= 15 is 0 Å². The highest BCUT2D eigenvalue weighted by atomic mass is 35.5. The molecular weight excluding hydrogens is 267 g/mol. The van der Waals surface area contributed by atoms with Crippen molar-refractivity contribution < 1.29 is 4.79 Å². The summed E-state index contributed by atoms with van der Waals surface area (Å²) in [5, 5.41) is 0.981. The predicted octanol–water partition coefficient (Wildman–Crippen LogP) is 4.73. The van der Waals surface area contributed by atoms with Gasteiger partial charge in [-0.3, -0.25) is 4.79 Å². The van der Waals surface area contributed by atoms with E-state index in [1.165, 1.54) is 0 Å². The van der Waals surface area contributed by atoms with Crippen molar-refractivity contribution in [3.05, 3.63) is 69.2 Å². The van der Waals surface area contributed by atoms with Gasteiger partial charge in [0.05, 0.1) is 10.0 Å². The summed E-state index contributed by atoms with van der Waals surface area (Å²) in [6, 6.07) is 12.8. The molecule has 0 amide bonds. The zero-order valence-corrected chi connectivity index (χ0v) is 11.4. The molecule has 0 aromatic heterocycles. The van der Waals surface area contributed by atoms with Crippen LogP contribution in [-0.2, 0) is 6.42 Å². The number of hydrogen-bond donors (Lipinski definition) is 0. The SMILES string of the molecule is Cc1ccc(C(=O)Cc2ccc(Cl)c(Cl)c2)cc1. The van der Waals surface area contributed by atoms with Crippen molar-refractivity contribution in [3.8, 4) is 0 Å². The first-order chi connectivity index (χ1) is 8.56. The summed E-state index contributed by atoms with van der Waals surface area (Å²) in [5.41, 5.74) is 2.72. The van der Waals surface area contributed by atoms with Crippen LogP contribution in [0.25, 0.3) is 0 Å². The Bertz CT molecular complexity index is 574. The second-order valence-electron chi connectivity index (χ2n) is 4.21. The van der Waals surface area contributed by atoms with Gasteiger partial charge in [0.2, 0.25) is 0 Å². The number of carbonyl (C=O) groups excluding carboxylic acids is 1. The van der Waals surface area contributed by atoms with Crippen LogP contribution >= 0.6 is 23.2 Å². The minimum absolute atomic E-state index is 0.0772. The first-order valence-corrected chi connectivity index (χ1v) is 6.35. The fourth-order valence-electron chi connectivity index (χ4n) is 1.68. The Hall–Kier alpha value is -1.31. The number of benzene rings is 2. The lowest BCUT2D eigenvalue weighted by atomic mass is 10.0. The molecule has 0 aliphatic carbocycles. The maximum Gasteiger partial charge on any atom is 0.167 e. The highest BCUT2D eigenvalue weighted by molar-refractivity contribution is 6.42. The normalized spacial score (nSPS) is 10.4. The summed E-state index contributed by atoms with van der Waals surface area (Å²) < 4.78 is 0. The van der Waals surface area contributed by atoms with Crippen molar-refractivity contribution >= 4 is 29.0 Å². The van der Waals surface area contributed by atoms with Gasteiger partial charge in [-0.25, -0.2) is 0 Å². The molecule has 3 heteroatoms. The Morgan fingerprint density at radius 1 is 1.00 bits per heavy atom. The molecule has 0 aliphatic rings. The fourth-order valence-corrected chi connectivity index (χ4v) is 2.00. The van der Waals surface area contributed by atoms with Gasteiger partial charge < -0.3 is 0 Å². The number of hydrogen-bond acceptors (Lipinski definition) is 1. The summed E-state index contributed by atoms with van der Waals surface area (Å²) >= 11 is 11.8. The molecule has 0 aliphatic heterocycles. The Morgan fingerprint density at radius 3 is 2.28 bits per heavy atom. The Balaban J connectivity index is 2.16. The average Bonchev–Trinajstić information content (AvgIpc) is 2.34. The largest absolute Gasteiger partial charge is 0.294 e. The van der Waals surface area contributed by atoms with Crippen molar-refractivity contribution in [2.24, 2.45) is 0 Å². The molecule has 0 saturated heterocycles. The van der Waals surface area contributed by atoms with Gasteiger partial charge in [0.1, 0.15) is 0 Å². The van der Waals surface area contributed by atoms with E-state index in [0.717, 1.165) is 11.1 Å². The number of Topliss-reactive ketones (excluding diaryl/α,β-unsaturated/α-hetero) is 1. The molecule has 0 saturated carbocycles. The zero-order valence-electron chi connectivity index (χ0n) is 9.91. The van der Waals surface area contributed by atoms with Crippen molar-refractivity contribution in [1.29, 1.82) is 0 Å². The van der Waals surface area contributed by atoms with Crippen LogP contribution in [0.5, 0.6) is 0 Å². The summed E-state index contributed by atoms with van der Waals surface area (Å²) in [6.07, 6.45) is 0.333. The van der Waals surface area contributed by atoms with Gasteiger partial charge in [0.25, 0.3) is 0 Å². The minimum atomic E-state index is 0.0772. The quantitative estimate of drug-likeness (QED) is 0.742. The molecule has 92 valence electrons. The molecule has 2 aromatic rings. The third kappa shape index (κ3) is 3.12. The Morgan fingerprint density at radius 2 is 1.67 bits per heavy atom. The Kier molecular flexibility index (Phi) is 4.05. The van der Waals surface area contributed by atoms with E-state index in [-0.39, 0.29) is 5.78 Å². The van der Waals surface area contributed by atoms with Crippen LogP contribution in [0.4, 0.5) is 0 Å². The summed E-state index contributed by atoms with van der Waals surface area (Å²) in [4.78, 5) is 12.0. The van der Waals surface area contributed by atoms with Crippen molar-refractivity contribution in [2.75, 3.05) is 0 Å². The smallest absolute Gasteiger partial charge is 0.167 e. The zero-order chi connectivity index (χ0) is 13.1. The fraction of sp³-hybridized carbons (Fsp3) is 0.133. The van der Waals surface area contributed by atoms with Crippen molar-refractivity contribution in [1.82, 2.24) is 0 Å². The summed E-state index contributed by atoms with van der Waals surface area (Å²) in [7, 11) is 0. The van der Waals surface area contributed by atoms with Gasteiger partial charge in [0.15, 0.2) is 5.78 Å². The number of halogens is 2. The van der Waals surface area contributed by atoms with Crippen LogP contribution in [0, 0.1) is 6.92 Å². The second kappa shape index (κ2) is 5.55. The van der Waals surface area contributed by atoms with Gasteiger partial charge >= 0.3 is 0 Å². The maximum atomic E-state index is 12.0. The molecule has 0 atom stereocenters. The molecule has 18 heavy (non-hydrogen) atoms. The van der Waals surface area contributed by atoms with E-state index < -0.39 is 0 Å². The highest BCUT2D eigenvalue weighted by Crippen LogP contribution is 2.23. The standard InChI is InChI=1S/C15H12Cl2O/c1-10-2-5-12(6-3-10)15(18)9-11-4-7-13(16)14(17)8-11/h2-8H,9H2,1H3. The molecule has 0 radical (unpaired) electrons. The van der Waals surface area contributed by atoms with Gasteiger partial charge in [-0.1, -0.05) is 59.1 Å². The number of carbonyl (C=O) groups is 1. The van der Waals surface area contributed by atoms with Crippen molar-refractivity contribution in [2.45, 2.75) is 13.3 Å². The van der Waals surface area contributed by atoms with E-state index in [4.69, 9.17) is 23.2 Å². The molecular formula is C15H12Cl2O. The number of aryl methyl sites for hydroxylation is 1. The van der Waals surface area contributed by atoms with E-state index in [0.29, 0.717) is 22.0 Å². The third-order valence-electron chi connectivity index (χ3n) is 2.72. The molecule has 2 rings (SSSR count). The minimum Gasteiger partial charge on any atom is -0.294 e. The number of ketones is 1. The van der Waals surface area contributed by atoms with E-state index in [9.17, 15) is 4.79 Å². The molecule has 1 nitrogen and oxygen atoms in total. The third-order valence-corrected chi connectivity index (χ3v) is 3.46. The van der Waals surface area contributed by atoms with Crippen LogP contribution in [0.15, 0.2) is 42.5 Å². The monoisotopic (exact) mass is 278 g/mol. The van der Waals surface area contributed by atoms with Gasteiger partial charge in [-0.15, -0.1) is 0 Å². The molecule has 0 N–H and O–H groups in total. The topological polar surface area (TPSA) is 17.1 Å². The summed E-state index contributed by atoms with van der Waals surface area (Å²) in [5.74, 6) is 0.0772. The molecule has 0 bridgehead atoms. The molecule has 0 spiro atoms. The molecule has 2 aromatic carbocycles. The summed E-state index contributed by atoms with van der Waals surface area (Å²) in [6.45, 7) is 1.99. The van der Waals surface area contributed by atoms with E-state index in [2.05, 4.69) is 0 Å². The van der Waals surface area contributed by atoms with Crippen molar-refractivity contribution in [3.63, 3.8) is 0 Å². The first kappa shape index (κ1) is 13.1. The molecule has 0 heterocycles. The number of rotatable bonds is 3. The first-order valence-electron chi connectivity index (χ1n) is 5.60. The van der Waals surface area contributed by atoms with Gasteiger partial charge in [-0.2, -0.15) is 0 Å². The lowest BCUT2D eigenvalue weighted by Gasteiger charge is -2.03. The van der Waals surface area contributed by atoms with Crippen LogP contribution in [0.3, 0.4) is 0 Å². The lowest BCUT2D eigenvalue weighted by Crippen LogP contribution is -2.03. The highest BCUT2D eigenvalue weighted by Gasteiger charge is 2.08. The van der Waals surface area contributed by atoms with Crippen LogP contribution < -0.4 is 0 Å². The lowest BCUT2D eigenvalue weighted by molar-refractivity contribution is 0.0993. The molecule has 0 unspecified atom stereocenters. The van der Waals surface area contributed by atoms with Crippen LogP contribution in [-0.4, -0.2) is 5.78 Å². The second-order valence-corrected chi connectivity index (χ2v) is 5.03. The van der Waals surface area contributed by atoms with E-state index in [1.807, 2.05) is 37.3 Å². The maximum absolute atomic E-state index is 12.0. The van der Waals surface area contributed by atoms with Crippen LogP contribution in [0.2, 0.25) is 10.0 Å².